The van der Waals surface area contributed by atoms with Gasteiger partial charge < -0.3 is 24.0 Å². The molecule has 1 amide bonds. The number of rotatable bonds is 14. The third-order valence-electron chi connectivity index (χ3n) is 7.94. The molecule has 2 aliphatic heterocycles. The first-order valence-corrected chi connectivity index (χ1v) is 14.4. The van der Waals surface area contributed by atoms with Crippen molar-refractivity contribution in [2.24, 2.45) is 11.3 Å². The summed E-state index contributed by atoms with van der Waals surface area (Å²) in [7, 11) is 6.51. The van der Waals surface area contributed by atoms with E-state index in [2.05, 4.69) is 52.9 Å². The predicted molar refractivity (Wildman–Crippen MR) is 154 cm³/mol. The number of carboxylic acids is 1. The molecule has 2 heterocycles. The van der Waals surface area contributed by atoms with Crippen molar-refractivity contribution in [2.45, 2.75) is 65.3 Å². The molecule has 0 radical (unpaired) electrons. The van der Waals surface area contributed by atoms with Crippen LogP contribution in [0.5, 0.6) is 11.5 Å². The summed E-state index contributed by atoms with van der Waals surface area (Å²) in [5.74, 6) is -0.279. The number of allylic oxidation sites excluding steroid dienone is 2. The summed E-state index contributed by atoms with van der Waals surface area (Å²) in [6.07, 6.45) is 7.74. The molecule has 1 saturated heterocycles. The van der Waals surface area contributed by atoms with Crippen LogP contribution in [0.3, 0.4) is 0 Å². The molecule has 218 valence electrons. The Bertz CT molecular complexity index is 1020. The fraction of sp³-hybridized carbons (Fsp3) is 0.677. The molecule has 8 nitrogen and oxygen atoms in total. The molecule has 0 spiro atoms. The highest BCUT2D eigenvalue weighted by Gasteiger charge is 2.48. The lowest BCUT2D eigenvalue weighted by Crippen LogP contribution is -2.46. The van der Waals surface area contributed by atoms with Crippen LogP contribution in [0, 0.1) is 11.3 Å². The van der Waals surface area contributed by atoms with E-state index in [1.165, 1.54) is 0 Å². The van der Waals surface area contributed by atoms with Crippen molar-refractivity contribution in [3.8, 4) is 11.5 Å². The van der Waals surface area contributed by atoms with Gasteiger partial charge in [0.05, 0.1) is 40.2 Å². The third-order valence-corrected chi connectivity index (χ3v) is 7.94. The lowest BCUT2D eigenvalue weighted by Gasteiger charge is -2.34. The molecule has 0 saturated carbocycles. The van der Waals surface area contributed by atoms with Crippen LogP contribution in [0.15, 0.2) is 30.4 Å². The van der Waals surface area contributed by atoms with Gasteiger partial charge in [0, 0.05) is 38.0 Å². The van der Waals surface area contributed by atoms with Crippen LogP contribution in [-0.4, -0.2) is 98.0 Å². The van der Waals surface area contributed by atoms with Crippen molar-refractivity contribution in [3.05, 3.63) is 35.9 Å². The van der Waals surface area contributed by atoms with E-state index in [1.807, 2.05) is 36.1 Å². The molecule has 3 atom stereocenters. The average molecular weight is 545 g/mol. The highest BCUT2D eigenvalue weighted by molar-refractivity contribution is 5.79. The number of hydrogen-bond acceptors (Lipinski definition) is 5. The van der Waals surface area contributed by atoms with E-state index in [1.54, 1.807) is 0 Å². The standard InChI is InChI=1S/C31H49N3O5/c1-8-10-15-32(16-11-17-34(5,6)7)28(35)21-33-20-24(23-12-13-26-27(18-23)39-22-38-26)29(30(36)37)25(33)19-31(3,4)14-9-2/h9,12-14,18,24-25,29H,8,10-11,15-17,19-22H2,1-7H3/p+1/b14-9+. The number of carbonyl (C=O) groups excluding carboxylic acids is 1. The van der Waals surface area contributed by atoms with E-state index >= 15 is 0 Å². The number of quaternary nitrogens is 1. The fourth-order valence-electron chi connectivity index (χ4n) is 6.01. The zero-order valence-electron chi connectivity index (χ0n) is 25.1. The van der Waals surface area contributed by atoms with E-state index < -0.39 is 11.9 Å². The molecule has 0 bridgehead atoms. The summed E-state index contributed by atoms with van der Waals surface area (Å²) in [5.41, 5.74) is 0.714. The van der Waals surface area contributed by atoms with Gasteiger partial charge in [0.15, 0.2) is 11.5 Å². The van der Waals surface area contributed by atoms with Crippen molar-refractivity contribution in [3.63, 3.8) is 0 Å². The smallest absolute Gasteiger partial charge is 0.308 e. The maximum absolute atomic E-state index is 13.8. The van der Waals surface area contributed by atoms with Gasteiger partial charge in [-0.1, -0.05) is 45.4 Å². The van der Waals surface area contributed by atoms with Crippen molar-refractivity contribution >= 4 is 11.9 Å². The number of carboxylic acid groups (broad SMARTS) is 1. The first-order valence-electron chi connectivity index (χ1n) is 14.4. The van der Waals surface area contributed by atoms with Gasteiger partial charge in [-0.25, -0.2) is 0 Å². The molecule has 3 rings (SSSR count). The summed E-state index contributed by atoms with van der Waals surface area (Å²) in [5, 5.41) is 10.5. The van der Waals surface area contributed by atoms with Gasteiger partial charge in [-0.3, -0.25) is 14.5 Å². The Morgan fingerprint density at radius 2 is 1.85 bits per heavy atom. The predicted octanol–water partition coefficient (Wildman–Crippen LogP) is 4.60. The number of fused-ring (bicyclic) bond motifs is 1. The molecular weight excluding hydrogens is 494 g/mol. The van der Waals surface area contributed by atoms with E-state index in [4.69, 9.17) is 9.47 Å². The van der Waals surface area contributed by atoms with E-state index in [-0.39, 0.29) is 36.6 Å². The minimum Gasteiger partial charge on any atom is -0.481 e. The number of nitrogens with zero attached hydrogens (tertiary/aromatic N) is 3. The van der Waals surface area contributed by atoms with Crippen molar-refractivity contribution in [1.82, 2.24) is 9.80 Å². The molecule has 2 aliphatic rings. The Hall–Kier alpha value is -2.58. The van der Waals surface area contributed by atoms with Crippen LogP contribution in [-0.2, 0) is 9.59 Å². The second-order valence-corrected chi connectivity index (χ2v) is 12.9. The Morgan fingerprint density at radius 1 is 1.15 bits per heavy atom. The topological polar surface area (TPSA) is 79.3 Å². The van der Waals surface area contributed by atoms with Crippen LogP contribution >= 0.6 is 0 Å². The molecule has 1 N–H and O–H groups in total. The minimum absolute atomic E-state index is 0.0918. The van der Waals surface area contributed by atoms with Gasteiger partial charge in [-0.05, 0) is 42.9 Å². The summed E-state index contributed by atoms with van der Waals surface area (Å²) < 4.78 is 11.9. The number of ether oxygens (including phenoxy) is 2. The van der Waals surface area contributed by atoms with Gasteiger partial charge in [0.2, 0.25) is 12.7 Å². The van der Waals surface area contributed by atoms with Crippen LogP contribution in [0.4, 0.5) is 0 Å². The number of carbonyl (C=O) groups is 2. The summed E-state index contributed by atoms with van der Waals surface area (Å²) in [6.45, 7) is 11.8. The Labute approximate surface area is 235 Å². The second-order valence-electron chi connectivity index (χ2n) is 12.9. The number of aliphatic carboxylic acids is 1. The van der Waals surface area contributed by atoms with E-state index in [0.29, 0.717) is 24.5 Å². The normalized spacial score (nSPS) is 21.6. The molecule has 1 aromatic carbocycles. The number of amides is 1. The zero-order chi connectivity index (χ0) is 28.8. The number of unbranched alkanes of at least 4 members (excludes halogenated alkanes) is 1. The molecular formula is C31H50N3O5+. The molecule has 1 fully saturated rings. The monoisotopic (exact) mass is 544 g/mol. The van der Waals surface area contributed by atoms with Gasteiger partial charge in [-0.2, -0.15) is 0 Å². The Morgan fingerprint density at radius 3 is 2.49 bits per heavy atom. The SMILES string of the molecule is C/C=C/C(C)(C)CC1C(C(=O)O)C(c2ccc3c(c2)OCO3)CN1CC(=O)N(CCCC)CCC[N+](C)(C)C. The first kappa shape index (κ1) is 31.0. The highest BCUT2D eigenvalue weighted by atomic mass is 16.7. The summed E-state index contributed by atoms with van der Waals surface area (Å²) in [4.78, 5) is 30.7. The molecule has 1 aromatic rings. The number of hydrogen-bond donors (Lipinski definition) is 1. The molecule has 8 heteroatoms. The van der Waals surface area contributed by atoms with Gasteiger partial charge in [0.25, 0.3) is 0 Å². The number of likely N-dealkylation sites (tertiary alicyclic amines) is 1. The van der Waals surface area contributed by atoms with E-state index in [0.717, 1.165) is 48.9 Å². The van der Waals surface area contributed by atoms with Crippen molar-refractivity contribution in [1.29, 1.82) is 0 Å². The lowest BCUT2D eigenvalue weighted by molar-refractivity contribution is -0.870. The Kier molecular flexibility index (Phi) is 10.5. The van der Waals surface area contributed by atoms with Crippen LogP contribution < -0.4 is 9.47 Å². The van der Waals surface area contributed by atoms with Crippen LogP contribution in [0.2, 0.25) is 0 Å². The molecule has 39 heavy (non-hydrogen) atoms. The summed E-state index contributed by atoms with van der Waals surface area (Å²) in [6, 6.07) is 5.46. The zero-order valence-corrected chi connectivity index (χ0v) is 25.1. The van der Waals surface area contributed by atoms with E-state index in [9.17, 15) is 14.7 Å². The van der Waals surface area contributed by atoms with Gasteiger partial charge in [-0.15, -0.1) is 0 Å². The average Bonchev–Trinajstić information content (AvgIpc) is 3.44. The van der Waals surface area contributed by atoms with Gasteiger partial charge >= 0.3 is 5.97 Å². The second kappa shape index (κ2) is 13.2. The maximum atomic E-state index is 13.8. The number of benzene rings is 1. The lowest BCUT2D eigenvalue weighted by atomic mass is 9.77. The van der Waals surface area contributed by atoms with Crippen LogP contribution in [0.25, 0.3) is 0 Å². The van der Waals surface area contributed by atoms with Crippen molar-refractivity contribution in [2.75, 3.05) is 60.7 Å². The molecule has 0 aliphatic carbocycles. The molecule has 3 unspecified atom stereocenters. The quantitative estimate of drug-likeness (QED) is 0.272. The van der Waals surface area contributed by atoms with Gasteiger partial charge in [0.1, 0.15) is 0 Å². The maximum Gasteiger partial charge on any atom is 0.308 e. The van der Waals surface area contributed by atoms with Crippen molar-refractivity contribution < 1.29 is 28.7 Å². The van der Waals surface area contributed by atoms with Crippen LogP contribution in [0.1, 0.15) is 64.9 Å². The first-order chi connectivity index (χ1) is 18.3. The largest absolute Gasteiger partial charge is 0.481 e. The Balaban J connectivity index is 1.88. The third kappa shape index (κ3) is 8.45. The minimum atomic E-state index is -0.820. The fourth-order valence-corrected chi connectivity index (χ4v) is 6.01. The molecule has 0 aromatic heterocycles. The highest BCUT2D eigenvalue weighted by Crippen LogP contribution is 2.45. The summed E-state index contributed by atoms with van der Waals surface area (Å²) >= 11 is 0.